The van der Waals surface area contributed by atoms with E-state index in [1.807, 2.05) is 0 Å². The van der Waals surface area contributed by atoms with Crippen LogP contribution in [0.5, 0.6) is 0 Å². The zero-order valence-electron chi connectivity index (χ0n) is 5.13. The number of hydrogen-bond acceptors (Lipinski definition) is 3. The predicted octanol–water partition coefficient (Wildman–Crippen LogP) is -0.727. The van der Waals surface area contributed by atoms with E-state index in [0.717, 1.165) is 0 Å². The molecule has 3 aliphatic rings. The smallest absolute Gasteiger partial charge is 0.0936 e. The molecule has 0 spiro atoms. The van der Waals surface area contributed by atoms with Crippen molar-refractivity contribution in [1.82, 2.24) is 0 Å². The van der Waals surface area contributed by atoms with Crippen molar-refractivity contribution < 1.29 is 14.9 Å². The first-order valence-electron chi connectivity index (χ1n) is 3.15. The van der Waals surface area contributed by atoms with Crippen LogP contribution in [0.25, 0.3) is 0 Å². The first-order valence-corrected chi connectivity index (χ1v) is 3.15. The van der Waals surface area contributed by atoms with Gasteiger partial charge in [-0.3, -0.25) is 0 Å². The van der Waals surface area contributed by atoms with E-state index in [4.69, 9.17) is 4.74 Å². The largest absolute Gasteiger partial charge is 0.387 e. The minimum Gasteiger partial charge on any atom is -0.387 e. The van der Waals surface area contributed by atoms with Gasteiger partial charge in [0.1, 0.15) is 0 Å². The van der Waals surface area contributed by atoms with E-state index in [9.17, 15) is 10.2 Å². The molecule has 1 saturated carbocycles. The van der Waals surface area contributed by atoms with Gasteiger partial charge in [0.2, 0.25) is 0 Å². The van der Waals surface area contributed by atoms with Crippen molar-refractivity contribution in [3.05, 3.63) is 0 Å². The van der Waals surface area contributed by atoms with Crippen LogP contribution < -0.4 is 0 Å². The second-order valence-corrected chi connectivity index (χ2v) is 3.30. The molecule has 0 unspecified atom stereocenters. The van der Waals surface area contributed by atoms with Crippen LogP contribution >= 0.6 is 0 Å². The summed E-state index contributed by atoms with van der Waals surface area (Å²) in [5.74, 6) is 0. The van der Waals surface area contributed by atoms with Gasteiger partial charge in [0, 0.05) is 12.8 Å². The summed E-state index contributed by atoms with van der Waals surface area (Å²) in [5, 5.41) is 18.6. The van der Waals surface area contributed by atoms with Gasteiger partial charge in [0.15, 0.2) is 0 Å². The molecule has 2 heterocycles. The van der Waals surface area contributed by atoms with Crippen LogP contribution in [0.3, 0.4) is 0 Å². The van der Waals surface area contributed by atoms with Gasteiger partial charge in [-0.1, -0.05) is 0 Å². The Morgan fingerprint density at radius 1 is 1.00 bits per heavy atom. The zero-order valence-corrected chi connectivity index (χ0v) is 5.13. The Labute approximate surface area is 53.3 Å². The van der Waals surface area contributed by atoms with Gasteiger partial charge in [-0.05, 0) is 0 Å². The van der Waals surface area contributed by atoms with Gasteiger partial charge in [-0.15, -0.1) is 0 Å². The van der Waals surface area contributed by atoms with Gasteiger partial charge >= 0.3 is 0 Å². The average Bonchev–Trinajstić information content (AvgIpc) is 1.59. The van der Waals surface area contributed by atoms with Crippen molar-refractivity contribution >= 4 is 0 Å². The maximum Gasteiger partial charge on any atom is 0.0936 e. The van der Waals surface area contributed by atoms with E-state index < -0.39 is 11.2 Å². The normalized spacial score (nSPS) is 56.7. The lowest BCUT2D eigenvalue weighted by atomic mass is 9.66. The van der Waals surface area contributed by atoms with E-state index in [1.54, 1.807) is 0 Å². The Balaban J connectivity index is 2.12. The van der Waals surface area contributed by atoms with Crippen molar-refractivity contribution in [2.45, 2.75) is 24.0 Å². The van der Waals surface area contributed by atoms with Crippen molar-refractivity contribution in [2.24, 2.45) is 0 Å². The third-order valence-corrected chi connectivity index (χ3v) is 2.06. The molecule has 3 fully saturated rings. The van der Waals surface area contributed by atoms with E-state index in [2.05, 4.69) is 0 Å². The fourth-order valence-corrected chi connectivity index (χ4v) is 1.81. The molecule has 0 aromatic heterocycles. The molecule has 3 heteroatoms. The standard InChI is InChI=1S/C6H10O3/c7-5-1-6(8,2-5)4-9-3-5/h7-8H,1-4H2. The summed E-state index contributed by atoms with van der Waals surface area (Å²) in [6, 6.07) is 0. The molecule has 0 aromatic carbocycles. The molecule has 0 atom stereocenters. The van der Waals surface area contributed by atoms with E-state index >= 15 is 0 Å². The van der Waals surface area contributed by atoms with Crippen LogP contribution in [0.15, 0.2) is 0 Å². The van der Waals surface area contributed by atoms with Crippen molar-refractivity contribution in [3.8, 4) is 0 Å². The molecule has 3 nitrogen and oxygen atoms in total. The minimum atomic E-state index is -0.688. The number of hydrogen-bond donors (Lipinski definition) is 2. The summed E-state index contributed by atoms with van der Waals surface area (Å²) in [6.07, 6.45) is 1.00. The fourth-order valence-electron chi connectivity index (χ4n) is 1.81. The lowest BCUT2D eigenvalue weighted by Crippen LogP contribution is -2.65. The fraction of sp³-hybridized carbons (Fsp3) is 1.00. The first kappa shape index (κ1) is 5.65. The average molecular weight is 130 g/mol. The topological polar surface area (TPSA) is 49.7 Å². The predicted molar refractivity (Wildman–Crippen MR) is 30.0 cm³/mol. The van der Waals surface area contributed by atoms with Crippen molar-refractivity contribution in [2.75, 3.05) is 13.2 Å². The lowest BCUT2D eigenvalue weighted by Gasteiger charge is -2.53. The molecular formula is C6H10O3. The SMILES string of the molecule is OC12COCC(O)(C1)C2. The Morgan fingerprint density at radius 3 is 1.67 bits per heavy atom. The van der Waals surface area contributed by atoms with Gasteiger partial charge in [-0.25, -0.2) is 0 Å². The Kier molecular flexibility index (Phi) is 0.822. The van der Waals surface area contributed by atoms with Gasteiger partial charge in [-0.2, -0.15) is 0 Å². The van der Waals surface area contributed by atoms with Crippen LogP contribution in [0, 0.1) is 0 Å². The van der Waals surface area contributed by atoms with Crippen LogP contribution in [0.1, 0.15) is 12.8 Å². The van der Waals surface area contributed by atoms with Crippen LogP contribution in [-0.4, -0.2) is 34.6 Å². The Bertz CT molecular complexity index is 123. The first-order chi connectivity index (χ1) is 4.12. The molecule has 2 N–H and O–H groups in total. The third kappa shape index (κ3) is 0.689. The second-order valence-electron chi connectivity index (χ2n) is 3.30. The zero-order chi connectivity index (χ0) is 6.54. The molecule has 9 heavy (non-hydrogen) atoms. The molecule has 2 bridgehead atoms. The maximum atomic E-state index is 9.32. The molecule has 0 amide bonds. The highest BCUT2D eigenvalue weighted by Crippen LogP contribution is 2.45. The van der Waals surface area contributed by atoms with E-state index in [1.165, 1.54) is 0 Å². The van der Waals surface area contributed by atoms with Gasteiger partial charge < -0.3 is 14.9 Å². The molecule has 0 radical (unpaired) electrons. The van der Waals surface area contributed by atoms with Gasteiger partial charge in [0.05, 0.1) is 24.4 Å². The summed E-state index contributed by atoms with van der Waals surface area (Å²) >= 11 is 0. The molecular weight excluding hydrogens is 120 g/mol. The summed E-state index contributed by atoms with van der Waals surface area (Å²) in [7, 11) is 0. The molecule has 3 rings (SSSR count). The van der Waals surface area contributed by atoms with Crippen molar-refractivity contribution in [3.63, 3.8) is 0 Å². The lowest BCUT2D eigenvalue weighted by molar-refractivity contribution is -0.269. The van der Waals surface area contributed by atoms with Crippen LogP contribution in [0.2, 0.25) is 0 Å². The van der Waals surface area contributed by atoms with E-state index in [-0.39, 0.29) is 0 Å². The van der Waals surface area contributed by atoms with Crippen LogP contribution in [0.4, 0.5) is 0 Å². The monoisotopic (exact) mass is 130 g/mol. The van der Waals surface area contributed by atoms with Crippen molar-refractivity contribution in [1.29, 1.82) is 0 Å². The number of aliphatic hydroxyl groups is 2. The molecule has 2 aliphatic heterocycles. The number of rotatable bonds is 0. The number of ether oxygens (including phenoxy) is 1. The summed E-state index contributed by atoms with van der Waals surface area (Å²) in [4.78, 5) is 0. The molecule has 0 aromatic rings. The maximum absolute atomic E-state index is 9.32. The highest BCUT2D eigenvalue weighted by atomic mass is 16.5. The Hall–Kier alpha value is -0.120. The van der Waals surface area contributed by atoms with Crippen LogP contribution in [-0.2, 0) is 4.74 Å². The molecule has 1 aliphatic carbocycles. The van der Waals surface area contributed by atoms with E-state index in [0.29, 0.717) is 26.1 Å². The van der Waals surface area contributed by atoms with Gasteiger partial charge in [0.25, 0.3) is 0 Å². The highest BCUT2D eigenvalue weighted by molar-refractivity contribution is 5.08. The Morgan fingerprint density at radius 2 is 1.44 bits per heavy atom. The summed E-state index contributed by atoms with van der Waals surface area (Å²) in [5.41, 5.74) is -1.38. The molecule has 52 valence electrons. The highest BCUT2D eigenvalue weighted by Gasteiger charge is 2.56. The quantitative estimate of drug-likeness (QED) is 0.454. The summed E-state index contributed by atoms with van der Waals surface area (Å²) in [6.45, 7) is 0.796. The summed E-state index contributed by atoms with van der Waals surface area (Å²) < 4.78 is 4.94. The minimum absolute atomic E-state index is 0.398. The third-order valence-electron chi connectivity index (χ3n) is 2.06. The second kappa shape index (κ2) is 1.31. The molecule has 2 saturated heterocycles. The number of fused-ring (bicyclic) bond motifs is 2.